The van der Waals surface area contributed by atoms with E-state index >= 15 is 0 Å². The van der Waals surface area contributed by atoms with Crippen LogP contribution >= 0.6 is 23.5 Å². The number of thioether (sulfide) groups is 2. The minimum absolute atomic E-state index is 0.334. The normalized spacial score (nSPS) is 36.6. The number of fused-ring (bicyclic) bond motifs is 1. The van der Waals surface area contributed by atoms with Gasteiger partial charge in [-0.1, -0.05) is 23.5 Å². The zero-order chi connectivity index (χ0) is 29.8. The summed E-state index contributed by atoms with van der Waals surface area (Å²) in [5.41, 5.74) is -5.01. The van der Waals surface area contributed by atoms with Gasteiger partial charge in [0, 0.05) is 5.56 Å². The molecule has 2 fully saturated rings. The number of hydrogen-bond donors (Lipinski definition) is 11. The zero-order valence-corrected chi connectivity index (χ0v) is 22.2. The fraction of sp³-hybridized carbons (Fsp3) is 0.565. The smallest absolute Gasteiger partial charge is 0.205 e. The number of aliphatic hydroxyl groups is 8. The minimum Gasteiger partial charge on any atom is -0.507 e. The van der Waals surface area contributed by atoms with Crippen LogP contribution in [0.25, 0.3) is 0 Å². The number of ketones is 2. The highest BCUT2D eigenvalue weighted by Crippen LogP contribution is 2.51. The minimum atomic E-state index is -1.87. The van der Waals surface area contributed by atoms with E-state index < -0.39 is 123 Å². The Morgan fingerprint density at radius 3 is 1.35 bits per heavy atom. The first kappa shape index (κ1) is 30.9. The number of phenolic OH excluding ortho intramolecular Hbond substituents is 3. The predicted molar refractivity (Wildman–Crippen MR) is 135 cm³/mol. The van der Waals surface area contributed by atoms with Crippen molar-refractivity contribution >= 4 is 35.1 Å². The first-order valence-electron chi connectivity index (χ1n) is 11.8. The fourth-order valence-corrected chi connectivity index (χ4v) is 7.05. The van der Waals surface area contributed by atoms with Crippen molar-refractivity contribution < 1.29 is 75.2 Å². The standard InChI is InChI=1S/C23H28O15S2/c1-4-9(26)7-8(13(30)10(4)27)15(32)21(40-23-19(36)17(34)12(29)6(3-25)38-23)20(14(7)31)39-22-18(35)16(33)11(28)5(2-24)37-22/h5-6,11-12,16-19,22-30,33-36H,2-3H2,1H3/t5-,6-,11-,12-,16+,17+,18-,19-,22-,23-/m1/s1. The summed E-state index contributed by atoms with van der Waals surface area (Å²) in [6.07, 6.45) is -13.7. The lowest BCUT2D eigenvalue weighted by molar-refractivity contribution is -0.205. The van der Waals surface area contributed by atoms with Crippen molar-refractivity contribution in [2.24, 2.45) is 0 Å². The predicted octanol–water partition coefficient (Wildman–Crippen LogP) is -3.23. The SMILES string of the molecule is Cc1c(O)c(O)c2c(c1O)C(=O)C(S[C@H]1O[C@H](CO)[C@@H](O)[C@H](O)[C@H]1O)=C(S[C@H]1O[C@H](CO)[C@@H](O)[C@H](O)[C@H]1O)C2=O. The summed E-state index contributed by atoms with van der Waals surface area (Å²) in [7, 11) is 0. The molecule has 0 aromatic heterocycles. The van der Waals surface area contributed by atoms with E-state index in [2.05, 4.69) is 0 Å². The van der Waals surface area contributed by atoms with Gasteiger partial charge in [-0.15, -0.1) is 0 Å². The Morgan fingerprint density at radius 1 is 0.600 bits per heavy atom. The molecule has 1 aromatic rings. The highest BCUT2D eigenvalue weighted by atomic mass is 32.2. The van der Waals surface area contributed by atoms with Crippen LogP contribution in [-0.2, 0) is 9.47 Å². The van der Waals surface area contributed by atoms with E-state index in [1.165, 1.54) is 0 Å². The van der Waals surface area contributed by atoms with Crippen molar-refractivity contribution in [3.63, 3.8) is 0 Å². The van der Waals surface area contributed by atoms with Gasteiger partial charge in [0.15, 0.2) is 11.5 Å². The molecule has 4 rings (SSSR count). The number of rotatable bonds is 6. The molecule has 1 aliphatic carbocycles. The van der Waals surface area contributed by atoms with Crippen molar-refractivity contribution in [1.82, 2.24) is 0 Å². The average Bonchev–Trinajstić information content (AvgIpc) is 2.93. The summed E-state index contributed by atoms with van der Waals surface area (Å²) < 4.78 is 10.9. The van der Waals surface area contributed by atoms with Crippen molar-refractivity contribution in [2.75, 3.05) is 13.2 Å². The van der Waals surface area contributed by atoms with Crippen LogP contribution in [0.5, 0.6) is 17.2 Å². The van der Waals surface area contributed by atoms with E-state index in [0.717, 1.165) is 6.92 Å². The molecule has 0 bridgehead atoms. The zero-order valence-electron chi connectivity index (χ0n) is 20.6. The molecular weight excluding hydrogens is 580 g/mol. The number of ether oxygens (including phenoxy) is 2. The molecule has 3 aliphatic rings. The topological polar surface area (TPSA) is 275 Å². The Morgan fingerprint density at radius 2 is 0.975 bits per heavy atom. The number of carbonyl (C=O) groups is 2. The summed E-state index contributed by atoms with van der Waals surface area (Å²) in [6, 6.07) is 0. The molecule has 0 unspecified atom stereocenters. The third-order valence-corrected chi connectivity index (χ3v) is 9.52. The molecule has 2 aliphatic heterocycles. The van der Waals surface area contributed by atoms with E-state index in [1.54, 1.807) is 0 Å². The van der Waals surface area contributed by atoms with Gasteiger partial charge >= 0.3 is 0 Å². The monoisotopic (exact) mass is 608 g/mol. The number of allylic oxidation sites excluding steroid dienone is 2. The van der Waals surface area contributed by atoms with Crippen LogP contribution in [0.1, 0.15) is 26.3 Å². The molecule has 2 heterocycles. The Hall–Kier alpha value is -2.00. The van der Waals surface area contributed by atoms with Gasteiger partial charge in [0.05, 0.1) is 34.2 Å². The molecule has 0 saturated carbocycles. The van der Waals surface area contributed by atoms with Crippen molar-refractivity contribution in [1.29, 1.82) is 0 Å². The average molecular weight is 609 g/mol. The largest absolute Gasteiger partial charge is 0.507 e. The lowest BCUT2D eigenvalue weighted by Gasteiger charge is -2.41. The molecule has 17 heteroatoms. The quantitative estimate of drug-likeness (QED) is 0.112. The highest BCUT2D eigenvalue weighted by Gasteiger charge is 2.49. The maximum Gasteiger partial charge on any atom is 0.205 e. The molecule has 0 amide bonds. The molecule has 0 radical (unpaired) electrons. The number of hydrogen-bond acceptors (Lipinski definition) is 17. The van der Waals surface area contributed by atoms with Gasteiger partial charge in [0.1, 0.15) is 65.5 Å². The molecule has 40 heavy (non-hydrogen) atoms. The van der Waals surface area contributed by atoms with E-state index in [9.17, 15) is 65.8 Å². The van der Waals surface area contributed by atoms with Crippen LogP contribution in [0.3, 0.4) is 0 Å². The number of Topliss-reactive ketones (excluding diaryl/α,β-unsaturated/α-hetero) is 2. The van der Waals surface area contributed by atoms with E-state index in [1.807, 2.05) is 0 Å². The van der Waals surface area contributed by atoms with Crippen molar-refractivity contribution in [3.05, 3.63) is 26.5 Å². The van der Waals surface area contributed by atoms with Gasteiger partial charge in [0.2, 0.25) is 11.6 Å². The summed E-state index contributed by atoms with van der Waals surface area (Å²) in [5.74, 6) is -5.04. The fourth-order valence-electron chi connectivity index (χ4n) is 4.48. The van der Waals surface area contributed by atoms with Crippen LogP contribution in [-0.4, -0.2) is 141 Å². The Labute approximate surface area is 233 Å². The van der Waals surface area contributed by atoms with Gasteiger partial charge < -0.3 is 65.6 Å². The third kappa shape index (κ3) is 4.99. The second-order valence-corrected chi connectivity index (χ2v) is 11.6. The molecular formula is C23H28O15S2. The Kier molecular flexibility index (Phi) is 9.06. The number of carbonyl (C=O) groups excluding carboxylic acids is 2. The maximum absolute atomic E-state index is 13.7. The Balaban J connectivity index is 1.83. The van der Waals surface area contributed by atoms with Gasteiger partial charge in [-0.25, -0.2) is 0 Å². The number of aliphatic hydroxyl groups excluding tert-OH is 8. The van der Waals surface area contributed by atoms with Crippen LogP contribution in [0.15, 0.2) is 9.81 Å². The molecule has 15 nitrogen and oxygen atoms in total. The van der Waals surface area contributed by atoms with Gasteiger partial charge in [-0.3, -0.25) is 9.59 Å². The van der Waals surface area contributed by atoms with Crippen LogP contribution in [0.4, 0.5) is 0 Å². The summed E-state index contributed by atoms with van der Waals surface area (Å²) >= 11 is 0.702. The highest BCUT2D eigenvalue weighted by molar-refractivity contribution is 8.08. The first-order valence-corrected chi connectivity index (χ1v) is 13.6. The molecule has 10 atom stereocenters. The number of benzene rings is 1. The van der Waals surface area contributed by atoms with E-state index in [-0.39, 0.29) is 5.56 Å². The van der Waals surface area contributed by atoms with E-state index in [4.69, 9.17) is 9.47 Å². The van der Waals surface area contributed by atoms with E-state index in [0.29, 0.717) is 23.5 Å². The second-order valence-electron chi connectivity index (χ2n) is 9.37. The first-order chi connectivity index (χ1) is 18.8. The van der Waals surface area contributed by atoms with Crippen molar-refractivity contribution in [3.8, 4) is 17.2 Å². The summed E-state index contributed by atoms with van der Waals surface area (Å²) in [5, 5.41) is 112. The van der Waals surface area contributed by atoms with Crippen LogP contribution in [0.2, 0.25) is 0 Å². The van der Waals surface area contributed by atoms with Crippen molar-refractivity contribution in [2.45, 2.75) is 66.6 Å². The second kappa shape index (κ2) is 11.7. The molecule has 222 valence electrons. The van der Waals surface area contributed by atoms with Gasteiger partial charge in [0.25, 0.3) is 0 Å². The summed E-state index contributed by atoms with van der Waals surface area (Å²) in [4.78, 5) is 26.3. The molecule has 2 saturated heterocycles. The van der Waals surface area contributed by atoms with Crippen LogP contribution < -0.4 is 0 Å². The lowest BCUT2D eigenvalue weighted by atomic mass is 9.90. The van der Waals surface area contributed by atoms with Gasteiger partial charge in [-0.05, 0) is 6.92 Å². The number of aromatic hydroxyl groups is 3. The Bertz CT molecular complexity index is 1130. The summed E-state index contributed by atoms with van der Waals surface area (Å²) in [6.45, 7) is -0.434. The third-order valence-electron chi connectivity index (χ3n) is 6.90. The molecule has 11 N–H and O–H groups in total. The molecule has 0 spiro atoms. The number of phenols is 3. The lowest BCUT2D eigenvalue weighted by Crippen LogP contribution is -2.57. The maximum atomic E-state index is 13.7. The van der Waals surface area contributed by atoms with Gasteiger partial charge in [-0.2, -0.15) is 0 Å². The van der Waals surface area contributed by atoms with Crippen LogP contribution in [0, 0.1) is 6.92 Å². The molecule has 1 aromatic carbocycles.